The summed E-state index contributed by atoms with van der Waals surface area (Å²) in [5, 5.41) is 10.7. The molecule has 0 aliphatic carbocycles. The van der Waals surface area contributed by atoms with Crippen LogP contribution < -0.4 is 15.5 Å². The van der Waals surface area contributed by atoms with Gasteiger partial charge in [-0.2, -0.15) is 5.10 Å². The molecule has 0 bridgehead atoms. The molecule has 1 aromatic carbocycles. The number of pyridine rings is 1. The van der Waals surface area contributed by atoms with E-state index < -0.39 is 0 Å². The maximum Gasteiger partial charge on any atom is 0.257 e. The molecule has 7 heteroatoms. The molecule has 0 saturated carbocycles. The molecule has 0 radical (unpaired) electrons. The number of anilines is 3. The Kier molecular flexibility index (Phi) is 5.46. The second-order valence-electron chi connectivity index (χ2n) is 7.55. The lowest BCUT2D eigenvalue weighted by Crippen LogP contribution is -2.42. The fraction of sp³-hybridized carbons (Fsp3) is 0.318. The van der Waals surface area contributed by atoms with E-state index in [-0.39, 0.29) is 5.91 Å². The summed E-state index contributed by atoms with van der Waals surface area (Å²) in [4.78, 5) is 19.2. The van der Waals surface area contributed by atoms with Gasteiger partial charge in [-0.15, -0.1) is 0 Å². The van der Waals surface area contributed by atoms with Crippen LogP contribution in [0.5, 0.6) is 0 Å². The summed E-state index contributed by atoms with van der Waals surface area (Å²) in [6.07, 6.45) is 7.77. The number of carbonyl (C=O) groups excluding carboxylic acids is 1. The van der Waals surface area contributed by atoms with Crippen molar-refractivity contribution in [3.63, 3.8) is 0 Å². The van der Waals surface area contributed by atoms with Crippen LogP contribution >= 0.6 is 0 Å². The van der Waals surface area contributed by atoms with E-state index in [9.17, 15) is 4.79 Å². The fourth-order valence-electron chi connectivity index (χ4n) is 3.56. The largest absolute Gasteiger partial charge is 0.367 e. The number of rotatable bonds is 5. The summed E-state index contributed by atoms with van der Waals surface area (Å²) >= 11 is 0. The van der Waals surface area contributed by atoms with Crippen LogP contribution in [0.15, 0.2) is 55.0 Å². The van der Waals surface area contributed by atoms with Crippen LogP contribution in [0.4, 0.5) is 17.2 Å². The molecule has 1 fully saturated rings. The van der Waals surface area contributed by atoms with Crippen LogP contribution in [-0.4, -0.2) is 39.8 Å². The Balaban J connectivity index is 1.35. The standard InChI is InChI=1S/C22H26N6O/c1-16-5-8-18(9-6-16)26-22(29)17-7-10-21(23-12-17)25-19-4-3-11-28(14-19)20-13-24-27(2)15-20/h5-10,12-13,15,19H,3-4,11,14H2,1-2H3,(H,23,25)(H,26,29). The smallest absolute Gasteiger partial charge is 0.257 e. The number of hydrogen-bond donors (Lipinski definition) is 2. The van der Waals surface area contributed by atoms with Gasteiger partial charge in [-0.3, -0.25) is 9.48 Å². The molecule has 7 nitrogen and oxygen atoms in total. The van der Waals surface area contributed by atoms with Gasteiger partial charge in [-0.25, -0.2) is 4.98 Å². The molecule has 1 saturated heterocycles. The Bertz CT molecular complexity index is 964. The van der Waals surface area contributed by atoms with Crippen molar-refractivity contribution in [2.45, 2.75) is 25.8 Å². The van der Waals surface area contributed by atoms with Crippen molar-refractivity contribution in [3.8, 4) is 0 Å². The minimum Gasteiger partial charge on any atom is -0.367 e. The molecule has 150 valence electrons. The number of amides is 1. The van der Waals surface area contributed by atoms with Crippen LogP contribution in [-0.2, 0) is 7.05 Å². The monoisotopic (exact) mass is 390 g/mol. The van der Waals surface area contributed by atoms with Crippen molar-refractivity contribution in [1.82, 2.24) is 14.8 Å². The fourth-order valence-corrected chi connectivity index (χ4v) is 3.56. The van der Waals surface area contributed by atoms with Gasteiger partial charge in [0.15, 0.2) is 0 Å². The van der Waals surface area contributed by atoms with Crippen LogP contribution in [0.2, 0.25) is 0 Å². The Labute approximate surface area is 170 Å². The number of aromatic nitrogens is 3. The third-order valence-electron chi connectivity index (χ3n) is 5.16. The SMILES string of the molecule is Cc1ccc(NC(=O)c2ccc(NC3CCCN(c4cnn(C)c4)C3)nc2)cc1. The molecule has 2 N–H and O–H groups in total. The zero-order chi connectivity index (χ0) is 20.2. The van der Waals surface area contributed by atoms with Crippen molar-refractivity contribution >= 4 is 23.1 Å². The average molecular weight is 390 g/mol. The normalized spacial score (nSPS) is 16.5. The van der Waals surface area contributed by atoms with E-state index in [1.807, 2.05) is 61.4 Å². The second-order valence-corrected chi connectivity index (χ2v) is 7.55. The first-order chi connectivity index (χ1) is 14.1. The predicted molar refractivity (Wildman–Crippen MR) is 115 cm³/mol. The zero-order valence-corrected chi connectivity index (χ0v) is 16.8. The second kappa shape index (κ2) is 8.34. The van der Waals surface area contributed by atoms with Gasteiger partial charge in [0.2, 0.25) is 0 Å². The Hall–Kier alpha value is -3.35. The van der Waals surface area contributed by atoms with E-state index in [1.54, 1.807) is 12.3 Å². The Morgan fingerprint density at radius 1 is 1.14 bits per heavy atom. The first kappa shape index (κ1) is 19.0. The summed E-state index contributed by atoms with van der Waals surface area (Å²) < 4.78 is 1.83. The average Bonchev–Trinajstić information content (AvgIpc) is 3.17. The predicted octanol–water partition coefficient (Wildman–Crippen LogP) is 3.46. The lowest BCUT2D eigenvalue weighted by atomic mass is 10.1. The lowest BCUT2D eigenvalue weighted by molar-refractivity contribution is 0.102. The van der Waals surface area contributed by atoms with Crippen LogP contribution in [0.25, 0.3) is 0 Å². The van der Waals surface area contributed by atoms with E-state index in [0.717, 1.165) is 48.7 Å². The van der Waals surface area contributed by atoms with Crippen molar-refractivity contribution in [1.29, 1.82) is 0 Å². The number of piperidine rings is 1. The number of nitrogens with one attached hydrogen (secondary N) is 2. The minimum absolute atomic E-state index is 0.159. The number of benzene rings is 1. The molecular formula is C22H26N6O. The number of hydrogen-bond acceptors (Lipinski definition) is 5. The molecule has 2 aromatic heterocycles. The molecule has 3 heterocycles. The van der Waals surface area contributed by atoms with Crippen LogP contribution in [0.1, 0.15) is 28.8 Å². The van der Waals surface area contributed by atoms with Gasteiger partial charge >= 0.3 is 0 Å². The summed E-state index contributed by atoms with van der Waals surface area (Å²) in [6.45, 7) is 3.96. The lowest BCUT2D eigenvalue weighted by Gasteiger charge is -2.34. The number of aryl methyl sites for hydroxylation is 2. The van der Waals surface area contributed by atoms with Crippen molar-refractivity contribution in [3.05, 3.63) is 66.1 Å². The Morgan fingerprint density at radius 3 is 2.66 bits per heavy atom. The quantitative estimate of drug-likeness (QED) is 0.698. The van der Waals surface area contributed by atoms with Gasteiger partial charge in [0.1, 0.15) is 5.82 Å². The maximum absolute atomic E-state index is 12.4. The van der Waals surface area contributed by atoms with Gasteiger partial charge in [-0.05, 0) is 44.0 Å². The summed E-state index contributed by atoms with van der Waals surface area (Å²) in [6, 6.07) is 11.7. The minimum atomic E-state index is -0.159. The summed E-state index contributed by atoms with van der Waals surface area (Å²) in [7, 11) is 1.93. The van der Waals surface area contributed by atoms with Crippen LogP contribution in [0.3, 0.4) is 0 Å². The number of nitrogens with zero attached hydrogens (tertiary/aromatic N) is 4. The molecule has 1 unspecified atom stereocenters. The highest BCUT2D eigenvalue weighted by atomic mass is 16.1. The molecular weight excluding hydrogens is 364 g/mol. The highest BCUT2D eigenvalue weighted by Gasteiger charge is 2.21. The third-order valence-corrected chi connectivity index (χ3v) is 5.16. The van der Waals surface area contributed by atoms with Crippen molar-refractivity contribution in [2.75, 3.05) is 28.6 Å². The van der Waals surface area contributed by atoms with E-state index in [0.29, 0.717) is 11.6 Å². The molecule has 0 spiro atoms. The van der Waals surface area contributed by atoms with Crippen molar-refractivity contribution < 1.29 is 4.79 Å². The first-order valence-electron chi connectivity index (χ1n) is 9.91. The van der Waals surface area contributed by atoms with Gasteiger partial charge in [0, 0.05) is 44.3 Å². The molecule has 1 amide bonds. The van der Waals surface area contributed by atoms with Gasteiger partial charge in [-0.1, -0.05) is 17.7 Å². The maximum atomic E-state index is 12.4. The summed E-state index contributed by atoms with van der Waals surface area (Å²) in [5.41, 5.74) is 3.62. The molecule has 4 rings (SSSR count). The Morgan fingerprint density at radius 2 is 1.97 bits per heavy atom. The molecule has 1 aliphatic rings. The van der Waals surface area contributed by atoms with Crippen molar-refractivity contribution in [2.24, 2.45) is 7.05 Å². The van der Waals surface area contributed by atoms with E-state index >= 15 is 0 Å². The zero-order valence-electron chi connectivity index (χ0n) is 16.8. The topological polar surface area (TPSA) is 75.1 Å². The molecule has 3 aromatic rings. The van der Waals surface area contributed by atoms with Gasteiger partial charge < -0.3 is 15.5 Å². The van der Waals surface area contributed by atoms with E-state index in [1.165, 1.54) is 0 Å². The third kappa shape index (κ3) is 4.74. The van der Waals surface area contributed by atoms with Gasteiger partial charge in [0.25, 0.3) is 5.91 Å². The first-order valence-corrected chi connectivity index (χ1v) is 9.91. The molecule has 1 atom stereocenters. The van der Waals surface area contributed by atoms with E-state index in [4.69, 9.17) is 0 Å². The van der Waals surface area contributed by atoms with Crippen LogP contribution in [0, 0.1) is 6.92 Å². The van der Waals surface area contributed by atoms with E-state index in [2.05, 4.69) is 25.6 Å². The highest BCUT2D eigenvalue weighted by Crippen LogP contribution is 2.21. The summed E-state index contributed by atoms with van der Waals surface area (Å²) in [5.74, 6) is 0.628. The van der Waals surface area contributed by atoms with Gasteiger partial charge in [0.05, 0.1) is 17.4 Å². The molecule has 1 aliphatic heterocycles. The highest BCUT2D eigenvalue weighted by molar-refractivity contribution is 6.04. The number of carbonyl (C=O) groups is 1. The molecule has 29 heavy (non-hydrogen) atoms.